The molecule has 0 spiro atoms. The fourth-order valence-electron chi connectivity index (χ4n) is 5.94. The maximum Gasteiger partial charge on any atom is 0.143 e. The zero-order chi connectivity index (χ0) is 35.0. The maximum absolute atomic E-state index is 6.06. The Bertz CT molecular complexity index is 1840. The van der Waals surface area contributed by atoms with Gasteiger partial charge in [0.1, 0.15) is 34.5 Å². The Morgan fingerprint density at radius 2 is 0.620 bits per heavy atom. The van der Waals surface area contributed by atoms with Crippen LogP contribution in [0.1, 0.15) is 0 Å². The lowest BCUT2D eigenvalue weighted by molar-refractivity contribution is 0.413. The van der Waals surface area contributed by atoms with Crippen molar-refractivity contribution in [2.24, 2.45) is 0 Å². The Hall–Kier alpha value is -6.28. The van der Waals surface area contributed by atoms with Gasteiger partial charge in [-0.1, -0.05) is 36.4 Å². The molecule has 0 amide bonds. The van der Waals surface area contributed by atoms with Gasteiger partial charge >= 0.3 is 0 Å². The minimum atomic E-state index is 0.686. The zero-order valence-corrected chi connectivity index (χ0v) is 29.0. The van der Waals surface area contributed by atoms with Crippen LogP contribution in [-0.2, 0) is 0 Å². The number of ether oxygens (including phenoxy) is 6. The zero-order valence-electron chi connectivity index (χ0n) is 29.0. The third-order valence-electron chi connectivity index (χ3n) is 8.42. The normalized spacial score (nSPS) is 10.6. The van der Waals surface area contributed by atoms with Crippen LogP contribution < -0.4 is 38.2 Å². The molecule has 6 rings (SSSR count). The van der Waals surface area contributed by atoms with Crippen molar-refractivity contribution in [2.75, 3.05) is 52.5 Å². The largest absolute Gasteiger partial charge is 0.497 e. The van der Waals surface area contributed by atoms with E-state index in [1.54, 1.807) is 42.7 Å². The second kappa shape index (κ2) is 15.3. The molecule has 0 aliphatic heterocycles. The topological polar surface area (TPSA) is 61.9 Å². The molecule has 6 aromatic rings. The van der Waals surface area contributed by atoms with E-state index in [0.29, 0.717) is 11.5 Å². The molecule has 0 unspecified atom stereocenters. The smallest absolute Gasteiger partial charge is 0.143 e. The molecule has 0 N–H and O–H groups in total. The van der Waals surface area contributed by atoms with Crippen LogP contribution in [0, 0.1) is 0 Å². The Balaban J connectivity index is 1.45. The third-order valence-corrected chi connectivity index (χ3v) is 8.42. The van der Waals surface area contributed by atoms with Gasteiger partial charge in [0, 0.05) is 47.0 Å². The highest BCUT2D eigenvalue weighted by Crippen LogP contribution is 2.46. The average molecular weight is 669 g/mol. The van der Waals surface area contributed by atoms with Crippen molar-refractivity contribution >= 4 is 34.1 Å². The molecule has 0 fully saturated rings. The molecule has 0 aliphatic rings. The first-order chi connectivity index (χ1) is 24.5. The van der Waals surface area contributed by atoms with E-state index in [4.69, 9.17) is 28.4 Å². The number of hydrogen-bond acceptors (Lipinski definition) is 8. The molecule has 254 valence electrons. The van der Waals surface area contributed by atoms with Gasteiger partial charge in [-0.25, -0.2) is 0 Å². The highest BCUT2D eigenvalue weighted by atomic mass is 16.5. The lowest BCUT2D eigenvalue weighted by Crippen LogP contribution is -2.12. The molecular weight excluding hydrogens is 628 g/mol. The molecule has 8 heteroatoms. The number of hydrogen-bond donors (Lipinski definition) is 0. The van der Waals surface area contributed by atoms with Crippen molar-refractivity contribution < 1.29 is 28.4 Å². The molecule has 0 saturated heterocycles. The van der Waals surface area contributed by atoms with Crippen LogP contribution in [0.15, 0.2) is 133 Å². The molecule has 0 radical (unpaired) electrons. The molecule has 50 heavy (non-hydrogen) atoms. The first-order valence-corrected chi connectivity index (χ1v) is 16.0. The Morgan fingerprint density at radius 1 is 0.320 bits per heavy atom. The maximum atomic E-state index is 6.06. The molecule has 0 bridgehead atoms. The third kappa shape index (κ3) is 6.96. The van der Waals surface area contributed by atoms with E-state index in [2.05, 4.69) is 34.1 Å². The number of nitrogens with zero attached hydrogens (tertiary/aromatic N) is 2. The highest BCUT2D eigenvalue weighted by molar-refractivity contribution is 5.86. The fourth-order valence-corrected chi connectivity index (χ4v) is 5.94. The molecule has 0 saturated carbocycles. The van der Waals surface area contributed by atoms with E-state index in [9.17, 15) is 0 Å². The van der Waals surface area contributed by atoms with Gasteiger partial charge in [0.25, 0.3) is 0 Å². The number of anilines is 6. The molecule has 8 nitrogen and oxygen atoms in total. The number of benzene rings is 6. The number of rotatable bonds is 13. The summed E-state index contributed by atoms with van der Waals surface area (Å²) in [4.78, 5) is 4.24. The minimum absolute atomic E-state index is 0.686. The lowest BCUT2D eigenvalue weighted by atomic mass is 10.0. The quantitative estimate of drug-likeness (QED) is 0.121. The van der Waals surface area contributed by atoms with Crippen LogP contribution in [0.25, 0.3) is 11.1 Å². The van der Waals surface area contributed by atoms with Crippen molar-refractivity contribution in [3.63, 3.8) is 0 Å². The molecule has 0 aliphatic carbocycles. The van der Waals surface area contributed by atoms with Gasteiger partial charge in [0.05, 0.1) is 54.0 Å². The monoisotopic (exact) mass is 668 g/mol. The molecule has 0 atom stereocenters. The average Bonchev–Trinajstić information content (AvgIpc) is 3.18. The summed E-state index contributed by atoms with van der Waals surface area (Å²) in [7, 11) is 10.0. The lowest BCUT2D eigenvalue weighted by Gasteiger charge is -2.28. The van der Waals surface area contributed by atoms with Gasteiger partial charge in [-0.3, -0.25) is 0 Å². The summed E-state index contributed by atoms with van der Waals surface area (Å²) < 4.78 is 34.4. The summed E-state index contributed by atoms with van der Waals surface area (Å²) in [6.45, 7) is 0. The summed E-state index contributed by atoms with van der Waals surface area (Å²) >= 11 is 0. The first kappa shape index (κ1) is 33.6. The van der Waals surface area contributed by atoms with Gasteiger partial charge in [-0.05, 0) is 83.9 Å². The SMILES string of the molecule is COc1cccc(N(c2cccc(OC)c2)c2ccc(-c3ccc(N(c4cccc(OC)c4)c4cccc(OC)c4)c(OC)c3)cc2OC)c1. The minimum Gasteiger partial charge on any atom is -0.497 e. The molecular formula is C42H40N2O6. The predicted molar refractivity (Wildman–Crippen MR) is 201 cm³/mol. The highest BCUT2D eigenvalue weighted by Gasteiger charge is 2.21. The van der Waals surface area contributed by atoms with Crippen LogP contribution in [0.2, 0.25) is 0 Å². The van der Waals surface area contributed by atoms with E-state index >= 15 is 0 Å². The summed E-state index contributed by atoms with van der Waals surface area (Å²) in [5, 5.41) is 0. The molecule has 6 aromatic carbocycles. The van der Waals surface area contributed by atoms with Crippen molar-refractivity contribution in [2.45, 2.75) is 0 Å². The standard InChI is InChI=1S/C42H40N2O6/c1-45-35-15-7-11-31(25-35)43(32-12-8-16-36(26-32)46-2)39-21-19-29(23-41(39)49-5)30-20-22-40(42(24-30)50-6)44(33-13-9-17-37(27-33)47-3)34-14-10-18-38(28-34)48-4/h7-28H,1-6H3. The first-order valence-electron chi connectivity index (χ1n) is 16.0. The van der Waals surface area contributed by atoms with Crippen molar-refractivity contribution in [1.29, 1.82) is 0 Å². The Labute approximate surface area is 293 Å². The summed E-state index contributed by atoms with van der Waals surface area (Å²) in [5.74, 6) is 4.35. The molecule has 0 heterocycles. The fraction of sp³-hybridized carbons (Fsp3) is 0.143. The van der Waals surface area contributed by atoms with Gasteiger partial charge in [-0.15, -0.1) is 0 Å². The van der Waals surface area contributed by atoms with Crippen molar-refractivity contribution in [3.8, 4) is 45.6 Å². The van der Waals surface area contributed by atoms with Crippen LogP contribution in [0.3, 0.4) is 0 Å². The van der Waals surface area contributed by atoms with E-state index in [-0.39, 0.29) is 0 Å². The Kier molecular flexibility index (Phi) is 10.3. The van der Waals surface area contributed by atoms with Crippen LogP contribution >= 0.6 is 0 Å². The van der Waals surface area contributed by atoms with Crippen molar-refractivity contribution in [3.05, 3.63) is 133 Å². The van der Waals surface area contributed by atoms with Gasteiger partial charge in [-0.2, -0.15) is 0 Å². The predicted octanol–water partition coefficient (Wildman–Crippen LogP) is 10.3. The van der Waals surface area contributed by atoms with E-state index in [1.165, 1.54) is 0 Å². The van der Waals surface area contributed by atoms with E-state index in [0.717, 1.165) is 68.2 Å². The van der Waals surface area contributed by atoms with Crippen LogP contribution in [0.4, 0.5) is 34.1 Å². The van der Waals surface area contributed by atoms with E-state index < -0.39 is 0 Å². The molecule has 0 aromatic heterocycles. The second-order valence-electron chi connectivity index (χ2n) is 11.2. The summed E-state index contributed by atoms with van der Waals surface area (Å²) in [6, 6.07) is 44.1. The van der Waals surface area contributed by atoms with E-state index in [1.807, 2.05) is 109 Å². The van der Waals surface area contributed by atoms with Gasteiger partial charge < -0.3 is 38.2 Å². The van der Waals surface area contributed by atoms with Gasteiger partial charge in [0.2, 0.25) is 0 Å². The Morgan fingerprint density at radius 3 is 0.880 bits per heavy atom. The number of methoxy groups -OCH3 is 6. The van der Waals surface area contributed by atoms with Crippen LogP contribution in [-0.4, -0.2) is 42.7 Å². The summed E-state index contributed by atoms with van der Waals surface area (Å²) in [6.07, 6.45) is 0. The summed E-state index contributed by atoms with van der Waals surface area (Å²) in [5.41, 5.74) is 7.25. The van der Waals surface area contributed by atoms with Gasteiger partial charge in [0.15, 0.2) is 0 Å². The van der Waals surface area contributed by atoms with Crippen molar-refractivity contribution in [1.82, 2.24) is 0 Å². The van der Waals surface area contributed by atoms with Crippen LogP contribution in [0.5, 0.6) is 34.5 Å². The second-order valence-corrected chi connectivity index (χ2v) is 11.2.